The van der Waals surface area contributed by atoms with E-state index < -0.39 is 24.5 Å². The minimum atomic E-state index is -4.95. The smallest absolute Gasteiger partial charge is 0.404 e. The molecule has 1 heterocycles. The Labute approximate surface area is 101 Å². The van der Waals surface area contributed by atoms with Crippen LogP contribution in [0, 0.1) is 3.70 Å². The van der Waals surface area contributed by atoms with Crippen LogP contribution in [0.15, 0.2) is 6.07 Å². The van der Waals surface area contributed by atoms with Crippen molar-refractivity contribution in [2.45, 2.75) is 13.0 Å². The molecule has 8 heteroatoms. The van der Waals surface area contributed by atoms with Gasteiger partial charge in [-0.3, -0.25) is 4.79 Å². The topological polar surface area (TPSA) is 39.2 Å². The predicted octanol–water partition coefficient (Wildman–Crippen LogP) is 2.87. The van der Waals surface area contributed by atoms with Gasteiger partial charge in [0, 0.05) is 5.56 Å². The second kappa shape index (κ2) is 4.93. The molecule has 0 aliphatic rings. The Hall–Kier alpha value is -0.930. The number of hydrogen-bond donors (Lipinski definition) is 0. The van der Waals surface area contributed by atoms with Crippen molar-refractivity contribution in [3.8, 4) is 5.75 Å². The summed E-state index contributed by atoms with van der Waals surface area (Å²) in [6.45, 7) is -1.21. The summed E-state index contributed by atoms with van der Waals surface area (Å²) in [6, 6.07) is 0.810. The molecule has 0 saturated heterocycles. The van der Waals surface area contributed by atoms with Gasteiger partial charge in [0.25, 0.3) is 0 Å². The lowest BCUT2D eigenvalue weighted by molar-refractivity contribution is -0.275. The molecule has 3 nitrogen and oxygen atoms in total. The molecule has 0 spiro atoms. The predicted molar refractivity (Wildman–Crippen MR) is 53.8 cm³/mol. The monoisotopic (exact) mass is 349 g/mol. The van der Waals surface area contributed by atoms with E-state index in [-0.39, 0.29) is 9.26 Å². The van der Waals surface area contributed by atoms with Crippen LogP contribution in [0.5, 0.6) is 5.75 Å². The largest absolute Gasteiger partial charge is 0.573 e. The first-order valence-electron chi connectivity index (χ1n) is 3.83. The average molecular weight is 349 g/mol. The first-order chi connectivity index (χ1) is 7.37. The molecule has 0 unspecified atom stereocenters. The Morgan fingerprint density at radius 3 is 2.56 bits per heavy atom. The van der Waals surface area contributed by atoms with Crippen LogP contribution < -0.4 is 4.74 Å². The van der Waals surface area contributed by atoms with Crippen LogP contribution in [0.2, 0.25) is 0 Å². The maximum Gasteiger partial charge on any atom is 0.573 e. The molecule has 88 valence electrons. The fraction of sp³-hybridized carbons (Fsp3) is 0.250. The van der Waals surface area contributed by atoms with E-state index in [9.17, 15) is 22.4 Å². The van der Waals surface area contributed by atoms with E-state index in [0.29, 0.717) is 6.29 Å². The van der Waals surface area contributed by atoms with Crippen LogP contribution in [-0.2, 0) is 6.67 Å². The lowest BCUT2D eigenvalue weighted by Crippen LogP contribution is -2.19. The highest BCUT2D eigenvalue weighted by Gasteiger charge is 2.32. The quantitative estimate of drug-likeness (QED) is 0.365. The summed E-state index contributed by atoms with van der Waals surface area (Å²) in [5, 5.41) is 0. The Morgan fingerprint density at radius 2 is 2.12 bits per heavy atom. The summed E-state index contributed by atoms with van der Waals surface area (Å²) in [4.78, 5) is 14.0. The minimum absolute atomic E-state index is 0.0861. The first kappa shape index (κ1) is 13.1. The first-order valence-corrected chi connectivity index (χ1v) is 4.91. The normalized spacial score (nSPS) is 11.3. The van der Waals surface area contributed by atoms with Gasteiger partial charge in [-0.2, -0.15) is 0 Å². The van der Waals surface area contributed by atoms with E-state index in [0.717, 1.165) is 6.07 Å². The van der Waals surface area contributed by atoms with Crippen molar-refractivity contribution < 1.29 is 27.1 Å². The van der Waals surface area contributed by atoms with Crippen LogP contribution in [0.3, 0.4) is 0 Å². The summed E-state index contributed by atoms with van der Waals surface area (Å²) >= 11 is 1.62. The molecule has 0 radical (unpaired) electrons. The summed E-state index contributed by atoms with van der Waals surface area (Å²) in [5.74, 6) is -0.794. The summed E-state index contributed by atoms with van der Waals surface area (Å²) in [6.07, 6.45) is -4.63. The molecular formula is C8H4F4INO2. The van der Waals surface area contributed by atoms with Crippen molar-refractivity contribution in [2.24, 2.45) is 0 Å². The Bertz CT molecular complexity index is 408. The number of nitrogens with zero attached hydrogens (tertiary/aromatic N) is 1. The van der Waals surface area contributed by atoms with Gasteiger partial charge in [-0.1, -0.05) is 0 Å². The van der Waals surface area contributed by atoms with Gasteiger partial charge in [0.05, 0.1) is 0 Å². The van der Waals surface area contributed by atoms with Gasteiger partial charge < -0.3 is 4.74 Å². The second-order valence-corrected chi connectivity index (χ2v) is 3.63. The number of alkyl halides is 4. The fourth-order valence-electron chi connectivity index (χ4n) is 0.914. The standard InChI is InChI=1S/C8H4F4INO2/c9-2-5-6(16-8(10,11)12)1-4(3-15)7(13)14-5/h1,3H,2H2. The number of ether oxygens (including phenoxy) is 1. The number of pyridine rings is 1. The highest BCUT2D eigenvalue weighted by molar-refractivity contribution is 14.1. The van der Waals surface area contributed by atoms with E-state index >= 15 is 0 Å². The third-order valence-corrected chi connectivity index (χ3v) is 2.39. The van der Waals surface area contributed by atoms with Gasteiger partial charge in [-0.25, -0.2) is 9.37 Å². The second-order valence-electron chi connectivity index (χ2n) is 2.61. The Kier molecular flexibility index (Phi) is 4.05. The van der Waals surface area contributed by atoms with Crippen LogP contribution in [0.4, 0.5) is 17.6 Å². The van der Waals surface area contributed by atoms with Gasteiger partial charge in [-0.05, 0) is 28.7 Å². The Morgan fingerprint density at radius 1 is 1.50 bits per heavy atom. The van der Waals surface area contributed by atoms with Crippen LogP contribution in [0.1, 0.15) is 16.1 Å². The van der Waals surface area contributed by atoms with Crippen LogP contribution >= 0.6 is 22.6 Å². The highest BCUT2D eigenvalue weighted by Crippen LogP contribution is 2.28. The molecule has 0 bridgehead atoms. The third-order valence-electron chi connectivity index (χ3n) is 1.52. The van der Waals surface area contributed by atoms with Crippen molar-refractivity contribution in [3.05, 3.63) is 21.0 Å². The number of carbonyl (C=O) groups is 1. The maximum absolute atomic E-state index is 12.4. The molecule has 1 rings (SSSR count). The molecular weight excluding hydrogens is 345 g/mol. The van der Waals surface area contributed by atoms with Gasteiger partial charge in [0.15, 0.2) is 12.0 Å². The molecule has 0 atom stereocenters. The molecule has 16 heavy (non-hydrogen) atoms. The molecule has 0 saturated carbocycles. The highest BCUT2D eigenvalue weighted by atomic mass is 127. The number of halogens is 5. The van der Waals surface area contributed by atoms with E-state index in [1.54, 1.807) is 22.6 Å². The zero-order chi connectivity index (χ0) is 12.3. The number of aromatic nitrogens is 1. The van der Waals surface area contributed by atoms with Gasteiger partial charge >= 0.3 is 6.36 Å². The van der Waals surface area contributed by atoms with Crippen LogP contribution in [0.25, 0.3) is 0 Å². The fourth-order valence-corrected chi connectivity index (χ4v) is 1.49. The zero-order valence-electron chi connectivity index (χ0n) is 7.52. The summed E-state index contributed by atoms with van der Waals surface area (Å²) in [7, 11) is 0. The number of aldehydes is 1. The van der Waals surface area contributed by atoms with Crippen molar-refractivity contribution in [1.29, 1.82) is 0 Å². The molecule has 1 aromatic rings. The number of carbonyl (C=O) groups excluding carboxylic acids is 1. The van der Waals surface area contributed by atoms with Gasteiger partial charge in [-0.15, -0.1) is 13.2 Å². The van der Waals surface area contributed by atoms with Gasteiger partial charge in [0.2, 0.25) is 0 Å². The number of hydrogen-bond acceptors (Lipinski definition) is 3. The molecule has 0 aliphatic heterocycles. The molecule has 1 aromatic heterocycles. The average Bonchev–Trinajstić information content (AvgIpc) is 2.18. The summed E-state index contributed by atoms with van der Waals surface area (Å²) < 4.78 is 51.8. The number of rotatable bonds is 3. The van der Waals surface area contributed by atoms with Crippen molar-refractivity contribution >= 4 is 28.9 Å². The lowest BCUT2D eigenvalue weighted by Gasteiger charge is -2.12. The van der Waals surface area contributed by atoms with Crippen molar-refractivity contribution in [2.75, 3.05) is 0 Å². The van der Waals surface area contributed by atoms with E-state index in [2.05, 4.69) is 9.72 Å². The SMILES string of the molecule is O=Cc1cc(OC(F)(F)F)c(CF)nc1I. The van der Waals surface area contributed by atoms with Gasteiger partial charge in [0.1, 0.15) is 16.1 Å². The van der Waals surface area contributed by atoms with E-state index in [1.807, 2.05) is 0 Å². The van der Waals surface area contributed by atoms with E-state index in [1.165, 1.54) is 0 Å². The molecule has 0 amide bonds. The Balaban J connectivity index is 3.20. The molecule has 0 aromatic carbocycles. The molecule has 0 N–H and O–H groups in total. The zero-order valence-corrected chi connectivity index (χ0v) is 9.67. The lowest BCUT2D eigenvalue weighted by atomic mass is 10.2. The summed E-state index contributed by atoms with van der Waals surface area (Å²) in [5.41, 5.74) is -0.579. The minimum Gasteiger partial charge on any atom is -0.404 e. The molecule has 0 aliphatic carbocycles. The van der Waals surface area contributed by atoms with E-state index in [4.69, 9.17) is 0 Å². The van der Waals surface area contributed by atoms with Crippen molar-refractivity contribution in [1.82, 2.24) is 4.98 Å². The van der Waals surface area contributed by atoms with Crippen molar-refractivity contribution in [3.63, 3.8) is 0 Å². The van der Waals surface area contributed by atoms with Crippen LogP contribution in [-0.4, -0.2) is 17.6 Å². The third kappa shape index (κ3) is 3.29. The molecule has 0 fully saturated rings. The maximum atomic E-state index is 12.4.